The summed E-state index contributed by atoms with van der Waals surface area (Å²) in [7, 11) is 0. The third-order valence-corrected chi connectivity index (χ3v) is 5.59. The number of benzene rings is 3. The van der Waals surface area contributed by atoms with Crippen LogP contribution in [0.3, 0.4) is 0 Å². The molecule has 0 aromatic heterocycles. The number of hydrogen-bond donors (Lipinski definition) is 1. The molecule has 1 aliphatic carbocycles. The van der Waals surface area contributed by atoms with Crippen molar-refractivity contribution in [1.29, 1.82) is 0 Å². The molecule has 2 aromatic carbocycles. The molecule has 0 amide bonds. The largest absolute Gasteiger partial charge is 0.478 e. The van der Waals surface area contributed by atoms with Gasteiger partial charge in [0.25, 0.3) is 0 Å². The van der Waals surface area contributed by atoms with Gasteiger partial charge in [-0.1, -0.05) is 18.2 Å². The number of hydrogen-bond acceptors (Lipinski definition) is 4. The molecule has 0 radical (unpaired) electrons. The van der Waals surface area contributed by atoms with Crippen LogP contribution in [0.4, 0.5) is 5.69 Å². The van der Waals surface area contributed by atoms with Crippen molar-refractivity contribution in [2.24, 2.45) is 4.99 Å². The highest BCUT2D eigenvalue weighted by atomic mass is 16.4. The maximum absolute atomic E-state index is 12.0. The monoisotopic (exact) mass is 414 g/mol. The normalized spacial score (nSPS) is 11.9. The summed E-state index contributed by atoms with van der Waals surface area (Å²) in [6.07, 6.45) is 0. The summed E-state index contributed by atoms with van der Waals surface area (Å²) in [5, 5.41) is 11.6. The van der Waals surface area contributed by atoms with Crippen molar-refractivity contribution in [3.05, 3.63) is 71.6 Å². The maximum atomic E-state index is 12.0. The molecule has 5 nitrogen and oxygen atoms in total. The summed E-state index contributed by atoms with van der Waals surface area (Å²) in [4.78, 5) is 18.7. The van der Waals surface area contributed by atoms with Crippen LogP contribution in [0, 0.1) is 0 Å². The minimum Gasteiger partial charge on any atom is -0.478 e. The molecule has 0 atom stereocenters. The van der Waals surface area contributed by atoms with Gasteiger partial charge in [0.05, 0.1) is 10.9 Å². The molecule has 0 fully saturated rings. The Bertz CT molecular complexity index is 1290. The molecular formula is C26H26N2O3. The number of anilines is 1. The van der Waals surface area contributed by atoms with Gasteiger partial charge >= 0.3 is 5.97 Å². The smallest absolute Gasteiger partial charge is 0.336 e. The van der Waals surface area contributed by atoms with Crippen LogP contribution in [-0.4, -0.2) is 30.7 Å². The average Bonchev–Trinajstić information content (AvgIpc) is 2.78. The highest BCUT2D eigenvalue weighted by Gasteiger charge is 2.21. The summed E-state index contributed by atoms with van der Waals surface area (Å²) in [6, 6.07) is 19.1. The predicted molar refractivity (Wildman–Crippen MR) is 125 cm³/mol. The van der Waals surface area contributed by atoms with Crippen LogP contribution in [0.25, 0.3) is 33.4 Å². The first-order valence-electron chi connectivity index (χ1n) is 10.7. The fourth-order valence-corrected chi connectivity index (χ4v) is 4.11. The summed E-state index contributed by atoms with van der Waals surface area (Å²) in [6.45, 7) is 8.71. The Balaban J connectivity index is 2.11. The van der Waals surface area contributed by atoms with Crippen molar-refractivity contribution in [2.45, 2.75) is 20.8 Å². The summed E-state index contributed by atoms with van der Waals surface area (Å²) < 4.78 is 6.34. The van der Waals surface area contributed by atoms with Gasteiger partial charge in [0.1, 0.15) is 11.3 Å². The number of aromatic carboxylic acids is 1. The second kappa shape index (κ2) is 8.64. The highest BCUT2D eigenvalue weighted by molar-refractivity contribution is 6.07. The van der Waals surface area contributed by atoms with Crippen LogP contribution in [0.15, 0.2) is 70.1 Å². The van der Waals surface area contributed by atoms with Crippen molar-refractivity contribution >= 4 is 22.6 Å². The molecule has 0 saturated heterocycles. The van der Waals surface area contributed by atoms with Crippen LogP contribution < -0.4 is 10.3 Å². The van der Waals surface area contributed by atoms with E-state index < -0.39 is 5.97 Å². The SMILES string of the molecule is CC/N=c1\ccc2c(-c3ccccc3C(=O)O)c3ccc(N(CC)CC)cc3oc-2c1. The molecule has 31 heavy (non-hydrogen) atoms. The zero-order chi connectivity index (χ0) is 22.0. The Morgan fingerprint density at radius 1 is 0.968 bits per heavy atom. The number of rotatable bonds is 6. The fourth-order valence-electron chi connectivity index (χ4n) is 4.11. The van der Waals surface area contributed by atoms with E-state index >= 15 is 0 Å². The third-order valence-electron chi connectivity index (χ3n) is 5.59. The molecule has 1 aliphatic heterocycles. The molecule has 2 aliphatic rings. The molecular weight excluding hydrogens is 388 g/mol. The molecule has 0 unspecified atom stereocenters. The first kappa shape index (κ1) is 20.7. The van der Waals surface area contributed by atoms with Gasteiger partial charge in [-0.15, -0.1) is 0 Å². The van der Waals surface area contributed by atoms with Crippen molar-refractivity contribution < 1.29 is 14.3 Å². The second-order valence-corrected chi connectivity index (χ2v) is 7.34. The third kappa shape index (κ3) is 3.79. The van der Waals surface area contributed by atoms with Gasteiger partial charge in [-0.25, -0.2) is 4.79 Å². The van der Waals surface area contributed by atoms with E-state index in [1.54, 1.807) is 12.1 Å². The molecule has 1 N–H and O–H groups in total. The zero-order valence-corrected chi connectivity index (χ0v) is 18.1. The lowest BCUT2D eigenvalue weighted by Gasteiger charge is -2.22. The van der Waals surface area contributed by atoms with Crippen molar-refractivity contribution in [1.82, 2.24) is 0 Å². The summed E-state index contributed by atoms with van der Waals surface area (Å²) in [5.74, 6) is -0.260. The van der Waals surface area contributed by atoms with Gasteiger partial charge < -0.3 is 14.4 Å². The lowest BCUT2D eigenvalue weighted by Crippen LogP contribution is -2.21. The topological polar surface area (TPSA) is 66.0 Å². The molecule has 2 aromatic rings. The van der Waals surface area contributed by atoms with E-state index in [2.05, 4.69) is 29.8 Å². The molecule has 5 heteroatoms. The van der Waals surface area contributed by atoms with Crippen molar-refractivity contribution in [3.63, 3.8) is 0 Å². The minimum atomic E-state index is -0.949. The van der Waals surface area contributed by atoms with E-state index in [1.807, 2.05) is 49.4 Å². The van der Waals surface area contributed by atoms with Crippen LogP contribution in [0.5, 0.6) is 0 Å². The van der Waals surface area contributed by atoms with Crippen LogP contribution in [-0.2, 0) is 0 Å². The van der Waals surface area contributed by atoms with Gasteiger partial charge in [-0.05, 0) is 56.7 Å². The number of fused-ring (bicyclic) bond motifs is 2. The van der Waals surface area contributed by atoms with Crippen molar-refractivity contribution in [3.8, 4) is 22.5 Å². The van der Waals surface area contributed by atoms with Gasteiger partial charge in [0.15, 0.2) is 0 Å². The van der Waals surface area contributed by atoms with Gasteiger partial charge in [-0.2, -0.15) is 0 Å². The van der Waals surface area contributed by atoms with E-state index in [4.69, 9.17) is 4.42 Å². The lowest BCUT2D eigenvalue weighted by atomic mass is 9.90. The van der Waals surface area contributed by atoms with E-state index in [1.165, 1.54) is 0 Å². The van der Waals surface area contributed by atoms with Crippen LogP contribution >= 0.6 is 0 Å². The van der Waals surface area contributed by atoms with Gasteiger partial charge in [0, 0.05) is 54.0 Å². The lowest BCUT2D eigenvalue weighted by molar-refractivity contribution is 0.0697. The molecule has 0 saturated carbocycles. The standard InChI is InChI=1S/C26H26N2O3/c1-4-27-17-11-13-21-23(15-17)31-24-16-18(28(5-2)6-3)12-14-22(24)25(21)19-9-7-8-10-20(19)26(29)30/h7-16H,4-6H2,1-3H3,(H,29,30)/b27-17+. The molecule has 0 spiro atoms. The Morgan fingerprint density at radius 2 is 1.74 bits per heavy atom. The van der Waals surface area contributed by atoms with E-state index in [-0.39, 0.29) is 5.56 Å². The summed E-state index contributed by atoms with van der Waals surface area (Å²) in [5.41, 5.74) is 4.48. The Labute approximate surface area is 181 Å². The minimum absolute atomic E-state index is 0.270. The van der Waals surface area contributed by atoms with Crippen LogP contribution in [0.2, 0.25) is 0 Å². The molecule has 4 rings (SSSR count). The maximum Gasteiger partial charge on any atom is 0.336 e. The van der Waals surface area contributed by atoms with E-state index in [0.29, 0.717) is 17.9 Å². The van der Waals surface area contributed by atoms with Crippen molar-refractivity contribution in [2.75, 3.05) is 24.5 Å². The second-order valence-electron chi connectivity index (χ2n) is 7.34. The molecule has 0 bridgehead atoms. The van der Waals surface area contributed by atoms with E-state index in [9.17, 15) is 9.90 Å². The number of carboxylic acid groups (broad SMARTS) is 1. The number of carbonyl (C=O) groups is 1. The number of carboxylic acids is 1. The summed E-state index contributed by atoms with van der Waals surface area (Å²) >= 11 is 0. The van der Waals surface area contributed by atoms with Gasteiger partial charge in [-0.3, -0.25) is 4.99 Å². The average molecular weight is 415 g/mol. The van der Waals surface area contributed by atoms with Crippen LogP contribution in [0.1, 0.15) is 31.1 Å². The van der Waals surface area contributed by atoms with E-state index in [0.717, 1.165) is 46.2 Å². The predicted octanol–water partition coefficient (Wildman–Crippen LogP) is 5.67. The Morgan fingerprint density at radius 3 is 2.45 bits per heavy atom. The number of nitrogens with zero attached hydrogens (tertiary/aromatic N) is 2. The zero-order valence-electron chi connectivity index (χ0n) is 18.1. The first-order valence-corrected chi connectivity index (χ1v) is 10.7. The Kier molecular flexibility index (Phi) is 5.76. The molecule has 158 valence electrons. The highest BCUT2D eigenvalue weighted by Crippen LogP contribution is 2.42. The quantitative estimate of drug-likeness (QED) is 0.413. The first-order chi connectivity index (χ1) is 15.1. The fraction of sp³-hybridized carbons (Fsp3) is 0.231. The Hall–Kier alpha value is -3.60. The van der Waals surface area contributed by atoms with Gasteiger partial charge in [0.2, 0.25) is 0 Å². The molecule has 1 heterocycles.